The van der Waals surface area contributed by atoms with Crippen LogP contribution in [0.25, 0.3) is 16.5 Å². The van der Waals surface area contributed by atoms with E-state index >= 15 is 0 Å². The highest BCUT2D eigenvalue weighted by Gasteiger charge is 2.17. The van der Waals surface area contributed by atoms with Gasteiger partial charge in [0.25, 0.3) is 5.91 Å². The molecule has 3 amide bonds. The smallest absolute Gasteiger partial charge is 0.324 e. The lowest BCUT2D eigenvalue weighted by Crippen LogP contribution is -2.27. The van der Waals surface area contributed by atoms with Crippen LogP contribution in [0.15, 0.2) is 97.2 Å². The molecule has 2 aromatic heterocycles. The molecule has 4 N–H and O–H groups in total. The lowest BCUT2D eigenvalue weighted by atomic mass is 10.1. The quantitative estimate of drug-likeness (QED) is 0.0575. The summed E-state index contributed by atoms with van der Waals surface area (Å²) >= 11 is 0. The zero-order chi connectivity index (χ0) is 39.4. The monoisotopic (exact) mass is 754 g/mol. The number of amides is 3. The van der Waals surface area contributed by atoms with E-state index < -0.39 is 6.03 Å². The van der Waals surface area contributed by atoms with Crippen molar-refractivity contribution >= 4 is 45.9 Å². The number of carbonyl (C=O) groups excluding carboxylic acids is 2. The highest BCUT2D eigenvalue weighted by atomic mass is 16.5. The van der Waals surface area contributed by atoms with Crippen molar-refractivity contribution in [1.82, 2.24) is 25.1 Å². The molecule has 56 heavy (non-hydrogen) atoms. The SMILES string of the molecule is C#Cc1cc(Nc2nccc(Oc3ccc(NC(=O)Nc4cc(C(C)C)nn4-c4ccc(OC)cc4)c4ccccc34)n2)cc(C(=O)NCCOCCOC)c1. The molecule has 0 atom stereocenters. The summed E-state index contributed by atoms with van der Waals surface area (Å²) in [4.78, 5) is 35.2. The summed E-state index contributed by atoms with van der Waals surface area (Å²) in [5.74, 6) is 4.65. The first-order valence-electron chi connectivity index (χ1n) is 17.8. The average molecular weight is 755 g/mol. The Balaban J connectivity index is 1.16. The Hall–Kier alpha value is -6.95. The summed E-state index contributed by atoms with van der Waals surface area (Å²) in [7, 11) is 3.21. The van der Waals surface area contributed by atoms with E-state index in [1.807, 2.05) is 68.4 Å². The number of anilines is 4. The number of hydrogen-bond acceptors (Lipinski definition) is 10. The average Bonchev–Trinajstić information content (AvgIpc) is 3.64. The second-order valence-corrected chi connectivity index (χ2v) is 12.7. The van der Waals surface area contributed by atoms with Gasteiger partial charge in [-0.1, -0.05) is 44.0 Å². The van der Waals surface area contributed by atoms with Gasteiger partial charge in [0.1, 0.15) is 17.3 Å². The molecule has 2 heterocycles. The van der Waals surface area contributed by atoms with Gasteiger partial charge >= 0.3 is 6.03 Å². The van der Waals surface area contributed by atoms with Crippen LogP contribution in [-0.4, -0.2) is 72.3 Å². The third-order valence-electron chi connectivity index (χ3n) is 8.44. The van der Waals surface area contributed by atoms with Gasteiger partial charge in [-0.05, 0) is 60.5 Å². The first kappa shape index (κ1) is 38.8. The fraction of sp³-hybridized carbons (Fsp3) is 0.214. The van der Waals surface area contributed by atoms with E-state index in [0.717, 1.165) is 22.2 Å². The second kappa shape index (κ2) is 18.4. The third-order valence-corrected chi connectivity index (χ3v) is 8.44. The van der Waals surface area contributed by atoms with Crippen molar-refractivity contribution in [3.05, 3.63) is 114 Å². The minimum atomic E-state index is -0.443. The number of rotatable bonds is 16. The number of urea groups is 1. The summed E-state index contributed by atoms with van der Waals surface area (Å²) in [6, 6.07) is 26.5. The van der Waals surface area contributed by atoms with Crippen LogP contribution in [0.2, 0.25) is 0 Å². The van der Waals surface area contributed by atoms with Gasteiger partial charge in [-0.2, -0.15) is 10.1 Å². The maximum atomic E-state index is 13.5. The van der Waals surface area contributed by atoms with Gasteiger partial charge < -0.3 is 34.9 Å². The van der Waals surface area contributed by atoms with Crippen LogP contribution in [0.1, 0.15) is 41.4 Å². The van der Waals surface area contributed by atoms with E-state index in [0.29, 0.717) is 66.2 Å². The van der Waals surface area contributed by atoms with Gasteiger partial charge in [-0.3, -0.25) is 10.1 Å². The Morgan fingerprint density at radius 3 is 2.45 bits per heavy atom. The third kappa shape index (κ3) is 9.77. The summed E-state index contributed by atoms with van der Waals surface area (Å²) in [6.07, 6.45) is 7.25. The van der Waals surface area contributed by atoms with Crippen molar-refractivity contribution in [3.8, 4) is 35.4 Å². The molecule has 0 unspecified atom stereocenters. The normalized spacial score (nSPS) is 10.9. The number of benzene rings is 4. The summed E-state index contributed by atoms with van der Waals surface area (Å²) in [5.41, 5.74) is 3.56. The highest BCUT2D eigenvalue weighted by molar-refractivity contribution is 6.07. The van der Waals surface area contributed by atoms with Crippen LogP contribution < -0.4 is 30.7 Å². The van der Waals surface area contributed by atoms with Crippen LogP contribution in [-0.2, 0) is 9.47 Å². The number of nitrogens with zero attached hydrogens (tertiary/aromatic N) is 4. The molecule has 286 valence electrons. The highest BCUT2D eigenvalue weighted by Crippen LogP contribution is 2.34. The van der Waals surface area contributed by atoms with Gasteiger partial charge in [0.05, 0.1) is 44.0 Å². The molecule has 6 rings (SSSR count). The minimum Gasteiger partial charge on any atom is -0.497 e. The van der Waals surface area contributed by atoms with Crippen LogP contribution in [0.3, 0.4) is 0 Å². The number of fused-ring (bicyclic) bond motifs is 1. The minimum absolute atomic E-state index is 0.143. The lowest BCUT2D eigenvalue weighted by molar-refractivity contribution is 0.0692. The Morgan fingerprint density at radius 2 is 1.70 bits per heavy atom. The molecular weight excluding hydrogens is 713 g/mol. The maximum Gasteiger partial charge on any atom is 0.324 e. The molecule has 0 radical (unpaired) electrons. The van der Waals surface area contributed by atoms with Gasteiger partial charge in [0.2, 0.25) is 11.8 Å². The fourth-order valence-corrected chi connectivity index (χ4v) is 5.63. The molecule has 0 aliphatic rings. The maximum absolute atomic E-state index is 13.5. The van der Waals surface area contributed by atoms with Crippen molar-refractivity contribution in [3.63, 3.8) is 0 Å². The second-order valence-electron chi connectivity index (χ2n) is 12.7. The number of carbonyl (C=O) groups is 2. The first-order chi connectivity index (χ1) is 27.2. The Morgan fingerprint density at radius 1 is 0.893 bits per heavy atom. The van der Waals surface area contributed by atoms with Gasteiger partial charge in [-0.15, -0.1) is 6.42 Å². The molecule has 0 spiro atoms. The molecule has 0 saturated heterocycles. The van der Waals surface area contributed by atoms with E-state index in [1.165, 1.54) is 0 Å². The molecule has 0 aliphatic carbocycles. The van der Waals surface area contributed by atoms with Crippen molar-refractivity contribution in [1.29, 1.82) is 0 Å². The van der Waals surface area contributed by atoms with Crippen molar-refractivity contribution < 1.29 is 28.5 Å². The van der Waals surface area contributed by atoms with Gasteiger partial charge in [0, 0.05) is 59.6 Å². The fourth-order valence-electron chi connectivity index (χ4n) is 5.63. The molecule has 14 heteroatoms. The number of nitrogens with one attached hydrogen (secondary N) is 4. The van der Waals surface area contributed by atoms with E-state index in [9.17, 15) is 9.59 Å². The zero-order valence-electron chi connectivity index (χ0n) is 31.5. The summed E-state index contributed by atoms with van der Waals surface area (Å²) in [5, 5.41) is 18.1. The van der Waals surface area contributed by atoms with Gasteiger partial charge in [-0.25, -0.2) is 14.5 Å². The van der Waals surface area contributed by atoms with Crippen LogP contribution in [0.4, 0.5) is 27.9 Å². The molecule has 6 aromatic rings. The number of methoxy groups -OCH3 is 2. The van der Waals surface area contributed by atoms with E-state index in [2.05, 4.69) is 37.2 Å². The molecule has 0 aliphatic heterocycles. The van der Waals surface area contributed by atoms with E-state index in [1.54, 1.807) is 61.5 Å². The van der Waals surface area contributed by atoms with Crippen molar-refractivity contribution in [2.24, 2.45) is 0 Å². The summed E-state index contributed by atoms with van der Waals surface area (Å²) < 4.78 is 23.6. The van der Waals surface area contributed by atoms with E-state index in [4.69, 9.17) is 30.5 Å². The summed E-state index contributed by atoms with van der Waals surface area (Å²) in [6.45, 7) is 5.67. The Bertz CT molecular complexity index is 2350. The van der Waals surface area contributed by atoms with Crippen molar-refractivity contribution in [2.75, 3.05) is 56.5 Å². The largest absolute Gasteiger partial charge is 0.497 e. The molecule has 0 saturated carbocycles. The van der Waals surface area contributed by atoms with Crippen LogP contribution in [0.5, 0.6) is 17.4 Å². The molecular formula is C42H42N8O6. The molecule has 0 bridgehead atoms. The van der Waals surface area contributed by atoms with Crippen molar-refractivity contribution in [2.45, 2.75) is 19.8 Å². The lowest BCUT2D eigenvalue weighted by Gasteiger charge is -2.14. The predicted octanol–water partition coefficient (Wildman–Crippen LogP) is 7.50. The zero-order valence-corrected chi connectivity index (χ0v) is 31.5. The topological polar surface area (TPSA) is 163 Å². The molecule has 0 fully saturated rings. The Labute approximate surface area is 324 Å². The molecule has 14 nitrogen and oxygen atoms in total. The first-order valence-corrected chi connectivity index (χ1v) is 17.8. The number of aromatic nitrogens is 4. The number of terminal acetylenes is 1. The predicted molar refractivity (Wildman–Crippen MR) is 216 cm³/mol. The Kier molecular flexibility index (Phi) is 12.7. The number of hydrogen-bond donors (Lipinski definition) is 4. The van der Waals surface area contributed by atoms with Gasteiger partial charge in [0.15, 0.2) is 0 Å². The molecule has 4 aromatic carbocycles. The number of ether oxygens (including phenoxy) is 4. The van der Waals surface area contributed by atoms with Crippen LogP contribution >= 0.6 is 0 Å². The van der Waals surface area contributed by atoms with E-state index in [-0.39, 0.29) is 23.7 Å². The van der Waals surface area contributed by atoms with Crippen LogP contribution in [0, 0.1) is 12.3 Å². The standard InChI is InChI=1S/C42H42N8O6/c1-6-28-23-29(40(51)43-19-20-55-22-21-53-4)25-30(24-28)45-41-44-18-17-39(48-41)56-37-16-15-35(33-9-7-8-10-34(33)37)46-42(52)47-38-26-36(27(2)3)49-50(38)31-11-13-32(54-5)14-12-31/h1,7-18,23-27H,19-22H2,2-5H3,(H,43,51)(H,44,45,48)(H2,46,47,52).